The summed E-state index contributed by atoms with van der Waals surface area (Å²) in [4.78, 5) is 0. The molecule has 0 unspecified atom stereocenters. The molecule has 0 radical (unpaired) electrons. The smallest absolute Gasteiger partial charge is 0.491 e. The summed E-state index contributed by atoms with van der Waals surface area (Å²) < 4.78 is 10.5. The number of fused-ring (bicyclic) bond motifs is 1. The molecule has 1 aliphatic rings. The van der Waals surface area contributed by atoms with Gasteiger partial charge in [-0.3, -0.25) is 0 Å². The number of benzene rings is 2. The normalized spacial score (nSPS) is 12.7. The van der Waals surface area contributed by atoms with E-state index < -0.39 is 7.12 Å². The lowest BCUT2D eigenvalue weighted by Crippen LogP contribution is -2.29. The zero-order chi connectivity index (χ0) is 16.4. The van der Waals surface area contributed by atoms with Crippen LogP contribution in [0.1, 0.15) is 11.1 Å². The number of nitrogens with one attached hydrogen (secondary N) is 2. The van der Waals surface area contributed by atoms with Gasteiger partial charge in [-0.2, -0.15) is 0 Å². The van der Waals surface area contributed by atoms with E-state index in [0.717, 1.165) is 33.7 Å². The molecule has 1 heterocycles. The Kier molecular flexibility index (Phi) is 4.52. The molecule has 23 heavy (non-hydrogen) atoms. The maximum absolute atomic E-state index is 9.76. The molecule has 7 heteroatoms. The van der Waals surface area contributed by atoms with Crippen LogP contribution < -0.4 is 20.8 Å². The quantitative estimate of drug-likeness (QED) is 0.592. The van der Waals surface area contributed by atoms with Crippen molar-refractivity contribution in [1.29, 1.82) is 0 Å². The largest absolute Gasteiger partial charge is 0.495 e. The topological polar surface area (TPSA) is 62.8 Å². The van der Waals surface area contributed by atoms with Crippen LogP contribution >= 0.6 is 12.2 Å². The van der Waals surface area contributed by atoms with Gasteiger partial charge in [-0.05, 0) is 60.0 Å². The molecule has 3 rings (SSSR count). The number of methoxy groups -OCH3 is 1. The average molecular weight is 328 g/mol. The second kappa shape index (κ2) is 6.58. The molecule has 0 aromatic heterocycles. The summed E-state index contributed by atoms with van der Waals surface area (Å²) in [6.45, 7) is 2.43. The van der Waals surface area contributed by atoms with Gasteiger partial charge in [-0.15, -0.1) is 0 Å². The van der Waals surface area contributed by atoms with Crippen LogP contribution in [0.2, 0.25) is 0 Å². The Morgan fingerprint density at radius 2 is 2.09 bits per heavy atom. The molecule has 0 aliphatic carbocycles. The Balaban J connectivity index is 1.73. The van der Waals surface area contributed by atoms with Crippen molar-refractivity contribution in [3.05, 3.63) is 47.5 Å². The summed E-state index contributed by atoms with van der Waals surface area (Å²) in [5.41, 5.74) is 4.45. The van der Waals surface area contributed by atoms with Crippen LogP contribution in [-0.2, 0) is 11.3 Å². The van der Waals surface area contributed by atoms with E-state index in [0.29, 0.717) is 11.7 Å². The number of hydrogen-bond donors (Lipinski definition) is 3. The number of thiocarbonyl (C=S) groups is 1. The highest BCUT2D eigenvalue weighted by atomic mass is 32.1. The van der Waals surface area contributed by atoms with Crippen LogP contribution in [0, 0.1) is 6.92 Å². The van der Waals surface area contributed by atoms with Gasteiger partial charge >= 0.3 is 7.12 Å². The lowest BCUT2D eigenvalue weighted by atomic mass is 9.79. The van der Waals surface area contributed by atoms with Crippen molar-refractivity contribution in [1.82, 2.24) is 0 Å². The van der Waals surface area contributed by atoms with Gasteiger partial charge in [-0.25, -0.2) is 0 Å². The third kappa shape index (κ3) is 3.47. The Morgan fingerprint density at radius 1 is 1.26 bits per heavy atom. The van der Waals surface area contributed by atoms with Crippen molar-refractivity contribution in [3.8, 4) is 5.75 Å². The van der Waals surface area contributed by atoms with E-state index in [9.17, 15) is 5.02 Å². The summed E-state index contributed by atoms with van der Waals surface area (Å²) in [7, 11) is 0.749. The second-order valence-electron chi connectivity index (χ2n) is 5.36. The lowest BCUT2D eigenvalue weighted by Gasteiger charge is -2.14. The van der Waals surface area contributed by atoms with Gasteiger partial charge < -0.3 is 25.0 Å². The van der Waals surface area contributed by atoms with Crippen molar-refractivity contribution < 1.29 is 14.4 Å². The van der Waals surface area contributed by atoms with Crippen molar-refractivity contribution in [2.45, 2.75) is 13.5 Å². The minimum atomic E-state index is -0.870. The first-order valence-corrected chi connectivity index (χ1v) is 7.63. The molecule has 0 spiro atoms. The highest BCUT2D eigenvalue weighted by molar-refractivity contribution is 7.80. The molecule has 2 aromatic carbocycles. The number of rotatable bonds is 3. The molecule has 118 valence electrons. The number of hydrogen-bond acceptors (Lipinski definition) is 4. The Morgan fingerprint density at radius 3 is 2.87 bits per heavy atom. The van der Waals surface area contributed by atoms with E-state index in [4.69, 9.17) is 21.6 Å². The number of anilines is 2. The van der Waals surface area contributed by atoms with Gasteiger partial charge in [0.25, 0.3) is 0 Å². The first-order chi connectivity index (χ1) is 11.1. The zero-order valence-electron chi connectivity index (χ0n) is 12.9. The van der Waals surface area contributed by atoms with Crippen LogP contribution in [0.3, 0.4) is 0 Å². The fourth-order valence-electron chi connectivity index (χ4n) is 2.50. The summed E-state index contributed by atoms with van der Waals surface area (Å²) in [5, 5.41) is 16.4. The number of aryl methyl sites for hydroxylation is 1. The van der Waals surface area contributed by atoms with Crippen LogP contribution in [0.15, 0.2) is 36.4 Å². The molecule has 5 nitrogen and oxygen atoms in total. The maximum atomic E-state index is 9.76. The molecule has 0 fully saturated rings. The van der Waals surface area contributed by atoms with Gasteiger partial charge in [0.2, 0.25) is 0 Å². The predicted octanol–water partition coefficient (Wildman–Crippen LogP) is 2.03. The van der Waals surface area contributed by atoms with Crippen molar-refractivity contribution in [2.24, 2.45) is 0 Å². The first kappa shape index (κ1) is 15.8. The molecule has 2 aromatic rings. The summed E-state index contributed by atoms with van der Waals surface area (Å²) >= 11 is 5.35. The van der Waals surface area contributed by atoms with E-state index in [2.05, 4.69) is 10.6 Å². The van der Waals surface area contributed by atoms with Gasteiger partial charge in [0.1, 0.15) is 5.75 Å². The zero-order valence-corrected chi connectivity index (χ0v) is 13.7. The third-order valence-corrected chi connectivity index (χ3v) is 3.87. The van der Waals surface area contributed by atoms with Gasteiger partial charge in [0, 0.05) is 5.69 Å². The molecule has 0 amide bonds. The minimum Gasteiger partial charge on any atom is -0.495 e. The van der Waals surface area contributed by atoms with Crippen molar-refractivity contribution in [3.63, 3.8) is 0 Å². The van der Waals surface area contributed by atoms with Gasteiger partial charge in [-0.1, -0.05) is 12.1 Å². The van der Waals surface area contributed by atoms with Crippen molar-refractivity contribution in [2.75, 3.05) is 17.7 Å². The van der Waals surface area contributed by atoms with E-state index in [1.165, 1.54) is 0 Å². The monoisotopic (exact) mass is 328 g/mol. The molecule has 0 saturated carbocycles. The van der Waals surface area contributed by atoms with Crippen LogP contribution in [0.25, 0.3) is 0 Å². The number of ether oxygens (including phenoxy) is 1. The minimum absolute atomic E-state index is 0.431. The van der Waals surface area contributed by atoms with Crippen LogP contribution in [0.5, 0.6) is 5.75 Å². The Labute approximate surface area is 140 Å². The first-order valence-electron chi connectivity index (χ1n) is 7.22. The van der Waals surface area contributed by atoms with Gasteiger partial charge in [0.15, 0.2) is 5.11 Å². The Hall–Kier alpha value is -2.09. The average Bonchev–Trinajstić information content (AvgIpc) is 2.88. The maximum Gasteiger partial charge on any atom is 0.491 e. The molecule has 1 aliphatic heterocycles. The molecular weight excluding hydrogens is 311 g/mol. The third-order valence-electron chi connectivity index (χ3n) is 3.67. The van der Waals surface area contributed by atoms with Crippen molar-refractivity contribution >= 4 is 41.3 Å². The van der Waals surface area contributed by atoms with Gasteiger partial charge in [0.05, 0.1) is 19.4 Å². The van der Waals surface area contributed by atoms with Crippen LogP contribution in [0.4, 0.5) is 11.4 Å². The standard InChI is InChI=1S/C16H17BN2O3S/c1-10-3-6-15(21-2)14(7-10)19-16(23)18-12-5-4-11-9-22-17(20)13(11)8-12/h3-8,20H,9H2,1-2H3,(H2,18,19,23). The lowest BCUT2D eigenvalue weighted by molar-refractivity contribution is 0.275. The molecule has 0 bridgehead atoms. The molecule has 3 N–H and O–H groups in total. The molecule has 0 saturated heterocycles. The SMILES string of the molecule is COc1ccc(C)cc1NC(=S)Nc1ccc2c(c1)B(O)OC2. The van der Waals surface area contributed by atoms with E-state index in [1.807, 2.05) is 43.3 Å². The molecule has 0 atom stereocenters. The summed E-state index contributed by atoms with van der Waals surface area (Å²) in [6, 6.07) is 11.5. The Bertz CT molecular complexity index is 754. The van der Waals surface area contributed by atoms with E-state index in [-0.39, 0.29) is 0 Å². The fraction of sp³-hybridized carbons (Fsp3) is 0.188. The van der Waals surface area contributed by atoms with E-state index in [1.54, 1.807) is 7.11 Å². The summed E-state index contributed by atoms with van der Waals surface area (Å²) in [6.07, 6.45) is 0. The van der Waals surface area contributed by atoms with E-state index >= 15 is 0 Å². The second-order valence-corrected chi connectivity index (χ2v) is 5.77. The predicted molar refractivity (Wildman–Crippen MR) is 96.4 cm³/mol. The highest BCUT2D eigenvalue weighted by Crippen LogP contribution is 2.25. The van der Waals surface area contributed by atoms with Crippen LogP contribution in [-0.4, -0.2) is 24.4 Å². The fourth-order valence-corrected chi connectivity index (χ4v) is 2.72. The highest BCUT2D eigenvalue weighted by Gasteiger charge is 2.27. The molecular formula is C16H17BN2O3S. The summed E-state index contributed by atoms with van der Waals surface area (Å²) in [5.74, 6) is 0.720.